The molecule has 16 heteroatoms. The van der Waals surface area contributed by atoms with Gasteiger partial charge < -0.3 is 33.1 Å². The molecule has 2 heterocycles. The van der Waals surface area contributed by atoms with Crippen LogP contribution in [0, 0.1) is 11.6 Å². The van der Waals surface area contributed by atoms with Gasteiger partial charge in [-0.3, -0.25) is 18.9 Å². The van der Waals surface area contributed by atoms with E-state index in [0.29, 0.717) is 9.40 Å². The molecule has 248 valence electrons. The number of hydrogen-bond acceptors (Lipinski definition) is 12. The van der Waals surface area contributed by atoms with E-state index in [1.165, 1.54) is 46.6 Å². The molecular weight excluding hydrogens is 669 g/mol. The summed E-state index contributed by atoms with van der Waals surface area (Å²) in [6, 6.07) is 5.85. The van der Waals surface area contributed by atoms with Gasteiger partial charge in [0.05, 0.1) is 49.8 Å². The van der Waals surface area contributed by atoms with Crippen LogP contribution < -0.4 is 18.9 Å². The first-order valence-electron chi connectivity index (χ1n) is 13.8. The van der Waals surface area contributed by atoms with Crippen molar-refractivity contribution in [1.82, 2.24) is 0 Å². The molecule has 2 aromatic carbocycles. The summed E-state index contributed by atoms with van der Waals surface area (Å²) in [5, 5.41) is 9.12. The number of rotatable bonds is 18. The monoisotopic (exact) mass is 700 g/mol. The van der Waals surface area contributed by atoms with Gasteiger partial charge >= 0.3 is 13.6 Å². The molecule has 4 aromatic rings. The molecule has 0 bridgehead atoms. The van der Waals surface area contributed by atoms with E-state index in [9.17, 15) is 18.9 Å². The van der Waals surface area contributed by atoms with Gasteiger partial charge in [-0.2, -0.15) is 0 Å². The number of carbonyl (C=O) groups excluding carboxylic acids is 2. The molecule has 0 saturated heterocycles. The molecule has 2 aromatic heterocycles. The lowest BCUT2D eigenvalue weighted by atomic mass is 10.1. The van der Waals surface area contributed by atoms with Crippen molar-refractivity contribution < 1.29 is 60.8 Å². The Bertz CT molecular complexity index is 1810. The van der Waals surface area contributed by atoms with Crippen LogP contribution in [0.5, 0.6) is 23.0 Å². The number of benzene rings is 2. The topological polar surface area (TPSA) is 144 Å². The molecule has 0 radical (unpaired) electrons. The zero-order chi connectivity index (χ0) is 33.6. The highest BCUT2D eigenvalue weighted by molar-refractivity contribution is 7.53. The third kappa shape index (κ3) is 7.84. The molecule has 0 aliphatic heterocycles. The second-order valence-corrected chi connectivity index (χ2v) is 14.3. The number of carboxylic acids is 1. The summed E-state index contributed by atoms with van der Waals surface area (Å²) in [7, 11) is 1.78. The number of aliphatic carboxylic acids is 1. The lowest BCUT2D eigenvalue weighted by Crippen LogP contribution is -2.08. The Morgan fingerprint density at radius 1 is 0.739 bits per heavy atom. The van der Waals surface area contributed by atoms with Gasteiger partial charge in [0.2, 0.25) is 0 Å². The number of halogens is 2. The van der Waals surface area contributed by atoms with E-state index < -0.39 is 31.0 Å². The van der Waals surface area contributed by atoms with Crippen molar-refractivity contribution in [3.63, 3.8) is 0 Å². The Morgan fingerprint density at radius 3 is 1.61 bits per heavy atom. The van der Waals surface area contributed by atoms with Gasteiger partial charge in [-0.15, -0.1) is 22.7 Å². The molecule has 1 N–H and O–H groups in total. The number of carbonyl (C=O) groups is 3. The van der Waals surface area contributed by atoms with Gasteiger partial charge in [-0.1, -0.05) is 0 Å². The predicted octanol–water partition coefficient (Wildman–Crippen LogP) is 7.37. The minimum Gasteiger partial charge on any atom is -0.493 e. The van der Waals surface area contributed by atoms with Crippen LogP contribution in [0.25, 0.3) is 20.2 Å². The SMILES string of the molecule is COc1cc2sc(C(=O)CCC(=O)O)cc2c(F)c1OCCCOc1c(OC)cc2sc(C(=O)CCP(=O)(OC)OC)cc2c1F. The lowest BCUT2D eigenvalue weighted by molar-refractivity contribution is -0.136. The molecule has 0 fully saturated rings. The van der Waals surface area contributed by atoms with Gasteiger partial charge in [0.15, 0.2) is 46.2 Å². The van der Waals surface area contributed by atoms with Crippen LogP contribution in [-0.2, 0) is 18.4 Å². The van der Waals surface area contributed by atoms with E-state index >= 15 is 8.78 Å². The van der Waals surface area contributed by atoms with Crippen molar-refractivity contribution in [2.45, 2.75) is 25.7 Å². The van der Waals surface area contributed by atoms with Crippen molar-refractivity contribution in [3.8, 4) is 23.0 Å². The fourth-order valence-electron chi connectivity index (χ4n) is 4.41. The van der Waals surface area contributed by atoms with E-state index in [1.807, 2.05) is 0 Å². The molecule has 0 amide bonds. The standard InChI is InChI=1S/C30H31F2O11PS2/c1-38-20-14-22-16(12-24(45-22)18(33)6-7-26(35)36)27(31)29(20)42-9-5-10-43-30-21(39-2)15-23-17(28(30)32)13-25(46-23)19(34)8-11-44(37,40-3)41-4/h12-15H,5-11H2,1-4H3,(H,35,36). The summed E-state index contributed by atoms with van der Waals surface area (Å²) in [5.41, 5.74) is 0. The van der Waals surface area contributed by atoms with Gasteiger partial charge in [-0.05, 0) is 12.1 Å². The summed E-state index contributed by atoms with van der Waals surface area (Å²) in [6.07, 6.45) is -0.576. The predicted molar refractivity (Wildman–Crippen MR) is 169 cm³/mol. The maximum Gasteiger partial charge on any atom is 0.330 e. The molecular formula is C30H31F2O11PS2. The van der Waals surface area contributed by atoms with Crippen molar-refractivity contribution in [2.75, 3.05) is 47.8 Å². The van der Waals surface area contributed by atoms with E-state index in [1.54, 1.807) is 6.07 Å². The molecule has 4 rings (SSSR count). The first-order chi connectivity index (χ1) is 21.9. The molecule has 0 atom stereocenters. The zero-order valence-electron chi connectivity index (χ0n) is 25.3. The fraction of sp³-hybridized carbons (Fsp3) is 0.367. The van der Waals surface area contributed by atoms with Crippen LogP contribution in [0.1, 0.15) is 45.0 Å². The lowest BCUT2D eigenvalue weighted by Gasteiger charge is -2.14. The first-order valence-corrected chi connectivity index (χ1v) is 17.2. The van der Waals surface area contributed by atoms with Crippen LogP contribution >= 0.6 is 30.3 Å². The Morgan fingerprint density at radius 2 is 1.20 bits per heavy atom. The highest BCUT2D eigenvalue weighted by Gasteiger charge is 2.25. The van der Waals surface area contributed by atoms with Crippen molar-refractivity contribution in [1.29, 1.82) is 0 Å². The van der Waals surface area contributed by atoms with Gasteiger partial charge in [0.1, 0.15) is 0 Å². The number of Topliss-reactive ketones (excluding diaryl/α,β-unsaturated/α-hetero) is 2. The summed E-state index contributed by atoms with van der Waals surface area (Å²) < 4.78 is 75.9. The van der Waals surface area contributed by atoms with Crippen molar-refractivity contribution >= 4 is 68.0 Å². The van der Waals surface area contributed by atoms with Crippen molar-refractivity contribution in [3.05, 3.63) is 45.7 Å². The van der Waals surface area contributed by atoms with Crippen LogP contribution in [0.15, 0.2) is 24.3 Å². The van der Waals surface area contributed by atoms with E-state index in [4.69, 9.17) is 33.1 Å². The van der Waals surface area contributed by atoms with Crippen molar-refractivity contribution in [2.24, 2.45) is 0 Å². The Hall–Kier alpha value is -3.62. The van der Waals surface area contributed by atoms with Gasteiger partial charge in [0.25, 0.3) is 0 Å². The highest BCUT2D eigenvalue weighted by Crippen LogP contribution is 2.47. The second kappa shape index (κ2) is 15.3. The number of fused-ring (bicyclic) bond motifs is 2. The normalized spacial score (nSPS) is 11.6. The Kier molecular flexibility index (Phi) is 11.7. The Balaban J connectivity index is 1.43. The number of carboxylic acid groups (broad SMARTS) is 1. The minimum absolute atomic E-state index is 0.0368. The van der Waals surface area contributed by atoms with E-state index in [2.05, 4.69) is 0 Å². The molecule has 0 aliphatic carbocycles. The quantitative estimate of drug-likeness (QED) is 0.0631. The fourth-order valence-corrected chi connectivity index (χ4v) is 7.51. The number of methoxy groups -OCH3 is 2. The average Bonchev–Trinajstić information content (AvgIpc) is 3.69. The molecule has 0 saturated carbocycles. The average molecular weight is 701 g/mol. The smallest absolute Gasteiger partial charge is 0.330 e. The van der Waals surface area contributed by atoms with Gasteiger partial charge in [-0.25, -0.2) is 8.78 Å². The molecule has 0 unspecified atom stereocenters. The number of ketones is 2. The highest BCUT2D eigenvalue weighted by atomic mass is 32.1. The van der Waals surface area contributed by atoms with E-state index in [0.717, 1.165) is 22.7 Å². The van der Waals surface area contributed by atoms with Crippen LogP contribution in [0.3, 0.4) is 0 Å². The number of hydrogen-bond donors (Lipinski definition) is 1. The van der Waals surface area contributed by atoms with Gasteiger partial charge in [0, 0.05) is 65.8 Å². The molecule has 11 nitrogen and oxygen atoms in total. The van der Waals surface area contributed by atoms with Crippen LogP contribution in [0.4, 0.5) is 8.78 Å². The summed E-state index contributed by atoms with van der Waals surface area (Å²) in [5.74, 6) is -3.46. The largest absolute Gasteiger partial charge is 0.493 e. The van der Waals surface area contributed by atoms with E-state index in [-0.39, 0.29) is 94.4 Å². The third-order valence-electron chi connectivity index (χ3n) is 6.87. The van der Waals surface area contributed by atoms with Crippen LogP contribution in [-0.4, -0.2) is 70.5 Å². The number of ether oxygens (including phenoxy) is 4. The second-order valence-electron chi connectivity index (χ2n) is 9.73. The maximum absolute atomic E-state index is 15.6. The zero-order valence-corrected chi connectivity index (χ0v) is 27.8. The molecule has 46 heavy (non-hydrogen) atoms. The van der Waals surface area contributed by atoms with Crippen LogP contribution in [0.2, 0.25) is 0 Å². The molecule has 0 spiro atoms. The number of thiophene rings is 2. The maximum atomic E-state index is 15.6. The Labute approximate surface area is 270 Å². The minimum atomic E-state index is -3.38. The summed E-state index contributed by atoms with van der Waals surface area (Å²) in [4.78, 5) is 36.4. The molecule has 0 aliphatic rings. The summed E-state index contributed by atoms with van der Waals surface area (Å²) in [6.45, 7) is -0.0751. The summed E-state index contributed by atoms with van der Waals surface area (Å²) >= 11 is 2.09. The first kappa shape index (κ1) is 35.2. The third-order valence-corrected chi connectivity index (χ3v) is 11.0.